The molecule has 1 aromatic heterocycles. The number of benzene rings is 1. The second-order valence-electron chi connectivity index (χ2n) is 6.34. The van der Waals surface area contributed by atoms with Crippen molar-refractivity contribution in [3.63, 3.8) is 0 Å². The zero-order valence-corrected chi connectivity index (χ0v) is 16.4. The van der Waals surface area contributed by atoms with Crippen LogP contribution in [0.25, 0.3) is 0 Å². The van der Waals surface area contributed by atoms with Gasteiger partial charge in [-0.1, -0.05) is 42.6 Å². The Morgan fingerprint density at radius 2 is 2.15 bits per heavy atom. The van der Waals surface area contributed by atoms with Gasteiger partial charge >= 0.3 is 0 Å². The monoisotopic (exact) mass is 395 g/mol. The van der Waals surface area contributed by atoms with Crippen molar-refractivity contribution in [2.45, 2.75) is 50.2 Å². The SMILES string of the molecule is COc1cc(Cl)c(C)cc1NC(=O)CSc1nnnn1C1CCCCC1. The van der Waals surface area contributed by atoms with Crippen LogP contribution in [0.5, 0.6) is 5.75 Å². The number of nitrogens with one attached hydrogen (secondary N) is 1. The van der Waals surface area contributed by atoms with Crippen molar-refractivity contribution in [1.82, 2.24) is 20.2 Å². The van der Waals surface area contributed by atoms with Gasteiger partial charge in [0.25, 0.3) is 0 Å². The van der Waals surface area contributed by atoms with Gasteiger partial charge in [0.05, 0.1) is 24.6 Å². The van der Waals surface area contributed by atoms with Gasteiger partial charge in [0.2, 0.25) is 11.1 Å². The Morgan fingerprint density at radius 3 is 2.88 bits per heavy atom. The second-order valence-corrected chi connectivity index (χ2v) is 7.69. The van der Waals surface area contributed by atoms with Crippen molar-refractivity contribution in [2.24, 2.45) is 0 Å². The Bertz CT molecular complexity index is 777. The highest BCUT2D eigenvalue weighted by atomic mass is 35.5. The van der Waals surface area contributed by atoms with Crippen LogP contribution in [0.3, 0.4) is 0 Å². The number of nitrogens with zero attached hydrogens (tertiary/aromatic N) is 4. The largest absolute Gasteiger partial charge is 0.495 e. The van der Waals surface area contributed by atoms with E-state index in [2.05, 4.69) is 20.8 Å². The number of thioether (sulfide) groups is 1. The van der Waals surface area contributed by atoms with Gasteiger partial charge in [-0.3, -0.25) is 4.79 Å². The highest BCUT2D eigenvalue weighted by Crippen LogP contribution is 2.32. The minimum atomic E-state index is -0.145. The van der Waals surface area contributed by atoms with Gasteiger partial charge in [0.1, 0.15) is 5.75 Å². The summed E-state index contributed by atoms with van der Waals surface area (Å²) in [5.74, 6) is 0.608. The first-order valence-electron chi connectivity index (χ1n) is 8.63. The third kappa shape index (κ3) is 4.48. The van der Waals surface area contributed by atoms with E-state index in [1.54, 1.807) is 19.2 Å². The molecule has 1 N–H and O–H groups in total. The summed E-state index contributed by atoms with van der Waals surface area (Å²) in [6.07, 6.45) is 5.85. The van der Waals surface area contributed by atoms with Crippen LogP contribution in [0.15, 0.2) is 17.3 Å². The van der Waals surface area contributed by atoms with Crippen LogP contribution in [0, 0.1) is 6.92 Å². The fourth-order valence-electron chi connectivity index (χ4n) is 3.08. The topological polar surface area (TPSA) is 81.9 Å². The summed E-state index contributed by atoms with van der Waals surface area (Å²) in [6.45, 7) is 1.88. The summed E-state index contributed by atoms with van der Waals surface area (Å²) in [5.41, 5.74) is 1.48. The molecule has 1 fully saturated rings. The van der Waals surface area contributed by atoms with Gasteiger partial charge in [-0.2, -0.15) is 0 Å². The second kappa shape index (κ2) is 8.73. The van der Waals surface area contributed by atoms with Gasteiger partial charge < -0.3 is 10.1 Å². The highest BCUT2D eigenvalue weighted by molar-refractivity contribution is 7.99. The smallest absolute Gasteiger partial charge is 0.234 e. The average Bonchev–Trinajstić information content (AvgIpc) is 3.12. The molecule has 0 radical (unpaired) electrons. The number of halogens is 1. The van der Waals surface area contributed by atoms with Crippen LogP contribution in [0.1, 0.15) is 43.7 Å². The van der Waals surface area contributed by atoms with Crippen molar-refractivity contribution in [2.75, 3.05) is 18.2 Å². The van der Waals surface area contributed by atoms with E-state index in [9.17, 15) is 4.79 Å². The molecule has 0 bridgehead atoms. The van der Waals surface area contributed by atoms with Gasteiger partial charge in [0, 0.05) is 11.1 Å². The van der Waals surface area contributed by atoms with E-state index in [4.69, 9.17) is 16.3 Å². The predicted octanol–water partition coefficient (Wildman–Crippen LogP) is 3.88. The number of aryl methyl sites for hydroxylation is 1. The lowest BCUT2D eigenvalue weighted by atomic mass is 9.96. The van der Waals surface area contributed by atoms with Crippen LogP contribution in [0.2, 0.25) is 5.02 Å². The molecule has 0 unspecified atom stereocenters. The van der Waals surface area contributed by atoms with Crippen molar-refractivity contribution < 1.29 is 9.53 Å². The fraction of sp³-hybridized carbons (Fsp3) is 0.529. The molecule has 1 saturated carbocycles. The quantitative estimate of drug-likeness (QED) is 0.747. The highest BCUT2D eigenvalue weighted by Gasteiger charge is 2.21. The van der Waals surface area contributed by atoms with E-state index < -0.39 is 0 Å². The molecule has 7 nitrogen and oxygen atoms in total. The van der Waals surface area contributed by atoms with Crippen molar-refractivity contribution in [3.8, 4) is 5.75 Å². The number of hydrogen-bond donors (Lipinski definition) is 1. The Hall–Kier alpha value is -1.80. The standard InChI is InChI=1S/C17H22ClN5O2S/c1-11-8-14(15(25-2)9-13(11)18)19-16(24)10-26-17-20-21-22-23(17)12-6-4-3-5-7-12/h8-9,12H,3-7,10H2,1-2H3,(H,19,24). The molecule has 9 heteroatoms. The number of carbonyl (C=O) groups excluding carboxylic acids is 1. The first kappa shape index (κ1) is 19.0. The van der Waals surface area contributed by atoms with Crippen LogP contribution in [-0.2, 0) is 4.79 Å². The van der Waals surface area contributed by atoms with Gasteiger partial charge in [-0.05, 0) is 41.8 Å². The molecule has 0 aliphatic heterocycles. The van der Waals surface area contributed by atoms with Gasteiger partial charge in [0.15, 0.2) is 0 Å². The zero-order valence-electron chi connectivity index (χ0n) is 14.9. The van der Waals surface area contributed by atoms with E-state index in [1.165, 1.54) is 31.0 Å². The Labute approximate surface area is 161 Å². The lowest BCUT2D eigenvalue weighted by molar-refractivity contribution is -0.113. The number of hydrogen-bond acceptors (Lipinski definition) is 6. The minimum absolute atomic E-state index is 0.145. The Balaban J connectivity index is 1.62. The summed E-state index contributed by atoms with van der Waals surface area (Å²) >= 11 is 7.44. The number of rotatable bonds is 6. The molecule has 0 spiro atoms. The van der Waals surface area contributed by atoms with E-state index in [-0.39, 0.29) is 11.7 Å². The number of ether oxygens (including phenoxy) is 1. The van der Waals surface area contributed by atoms with Crippen molar-refractivity contribution >= 4 is 35.0 Å². The molecule has 1 aliphatic rings. The summed E-state index contributed by atoms with van der Waals surface area (Å²) in [6, 6.07) is 3.84. The first-order chi connectivity index (χ1) is 12.6. The van der Waals surface area contributed by atoms with Gasteiger partial charge in [-0.25, -0.2) is 4.68 Å². The lowest BCUT2D eigenvalue weighted by Gasteiger charge is -2.21. The number of tetrazole rings is 1. The van der Waals surface area contributed by atoms with Crippen LogP contribution in [0.4, 0.5) is 5.69 Å². The van der Waals surface area contributed by atoms with Crippen molar-refractivity contribution in [1.29, 1.82) is 0 Å². The number of amides is 1. The number of carbonyl (C=O) groups is 1. The van der Waals surface area contributed by atoms with Crippen LogP contribution in [-0.4, -0.2) is 39.0 Å². The molecule has 140 valence electrons. The molecule has 0 saturated heterocycles. The molecule has 1 aromatic carbocycles. The number of methoxy groups -OCH3 is 1. The summed E-state index contributed by atoms with van der Waals surface area (Å²) in [4.78, 5) is 12.4. The van der Waals surface area contributed by atoms with E-state index in [1.807, 2.05) is 11.6 Å². The van der Waals surface area contributed by atoms with Gasteiger partial charge in [-0.15, -0.1) is 5.10 Å². The third-order valence-corrected chi connectivity index (χ3v) is 5.81. The number of anilines is 1. The average molecular weight is 396 g/mol. The van der Waals surface area contributed by atoms with E-state index in [0.29, 0.717) is 27.7 Å². The molecule has 26 heavy (non-hydrogen) atoms. The molecule has 1 heterocycles. The molecule has 3 rings (SSSR count). The third-order valence-electron chi connectivity index (χ3n) is 4.47. The minimum Gasteiger partial charge on any atom is -0.495 e. The molecule has 2 aromatic rings. The van der Waals surface area contributed by atoms with Crippen LogP contribution < -0.4 is 10.1 Å². The van der Waals surface area contributed by atoms with Crippen LogP contribution >= 0.6 is 23.4 Å². The first-order valence-corrected chi connectivity index (χ1v) is 9.99. The molecular weight excluding hydrogens is 374 g/mol. The molecule has 1 amide bonds. The van der Waals surface area contributed by atoms with Crippen molar-refractivity contribution in [3.05, 3.63) is 22.7 Å². The lowest BCUT2D eigenvalue weighted by Crippen LogP contribution is -2.18. The maximum absolute atomic E-state index is 12.4. The number of aromatic nitrogens is 4. The molecule has 1 aliphatic carbocycles. The summed E-state index contributed by atoms with van der Waals surface area (Å²) in [5, 5.41) is 16.1. The predicted molar refractivity (Wildman–Crippen MR) is 102 cm³/mol. The van der Waals surface area contributed by atoms with E-state index >= 15 is 0 Å². The molecule has 0 atom stereocenters. The maximum Gasteiger partial charge on any atom is 0.234 e. The fourth-order valence-corrected chi connectivity index (χ4v) is 3.98. The van der Waals surface area contributed by atoms with E-state index in [0.717, 1.165) is 18.4 Å². The molecular formula is C17H22ClN5O2S. The maximum atomic E-state index is 12.4. The summed E-state index contributed by atoms with van der Waals surface area (Å²) < 4.78 is 7.15. The Kier molecular flexibility index (Phi) is 6.37. The zero-order chi connectivity index (χ0) is 18.5. The Morgan fingerprint density at radius 1 is 1.38 bits per heavy atom. The normalized spacial score (nSPS) is 15.0. The summed E-state index contributed by atoms with van der Waals surface area (Å²) in [7, 11) is 1.55.